The van der Waals surface area contributed by atoms with Crippen molar-refractivity contribution in [3.05, 3.63) is 29.6 Å². The maximum atomic E-state index is 13.3. The van der Waals surface area contributed by atoms with Gasteiger partial charge in [0.1, 0.15) is 5.82 Å². The Kier molecular flexibility index (Phi) is 7.36. The predicted molar refractivity (Wildman–Crippen MR) is 78.6 cm³/mol. The molecular formula is C15H24FNS. The van der Waals surface area contributed by atoms with Gasteiger partial charge in [-0.1, -0.05) is 33.6 Å². The Morgan fingerprint density at radius 1 is 1.28 bits per heavy atom. The number of hydrogen-bond acceptors (Lipinski definition) is 2. The third-order valence-corrected chi connectivity index (χ3v) is 3.93. The van der Waals surface area contributed by atoms with E-state index in [9.17, 15) is 4.39 Å². The fourth-order valence-corrected chi connectivity index (χ4v) is 2.72. The normalized spacial score (nSPS) is 11.2. The van der Waals surface area contributed by atoms with Crippen molar-refractivity contribution < 1.29 is 4.39 Å². The summed E-state index contributed by atoms with van der Waals surface area (Å²) in [6.07, 6.45) is 3.75. The molecule has 0 spiro atoms. The van der Waals surface area contributed by atoms with Gasteiger partial charge in [-0.3, -0.25) is 0 Å². The summed E-state index contributed by atoms with van der Waals surface area (Å²) in [6.45, 7) is 7.16. The molecule has 0 radical (unpaired) electrons. The number of benzene rings is 1. The highest BCUT2D eigenvalue weighted by atomic mass is 32.2. The summed E-state index contributed by atoms with van der Waals surface area (Å²) in [5, 5.41) is 3.35. The second-order valence-corrected chi connectivity index (χ2v) is 5.98. The Labute approximate surface area is 115 Å². The molecule has 0 saturated carbocycles. The van der Waals surface area contributed by atoms with Crippen LogP contribution in [0.1, 0.15) is 45.6 Å². The molecule has 1 aromatic rings. The largest absolute Gasteiger partial charge is 0.310 e. The average molecular weight is 269 g/mol. The lowest BCUT2D eigenvalue weighted by Gasteiger charge is -2.12. The smallest absolute Gasteiger partial charge is 0.123 e. The van der Waals surface area contributed by atoms with Gasteiger partial charge in [0, 0.05) is 17.5 Å². The molecule has 0 aromatic heterocycles. The third-order valence-electron chi connectivity index (χ3n) is 2.73. The van der Waals surface area contributed by atoms with Crippen LogP contribution in [0.3, 0.4) is 0 Å². The standard InChI is InChI=1S/C15H24FNS/c1-4-5-6-9-18-15-8-7-14(16)10-13(15)11-17-12(2)3/h7-8,10,12,17H,4-6,9,11H2,1-3H3. The van der Waals surface area contributed by atoms with Gasteiger partial charge in [-0.2, -0.15) is 0 Å². The Hall–Kier alpha value is -0.540. The van der Waals surface area contributed by atoms with Gasteiger partial charge in [-0.15, -0.1) is 11.8 Å². The van der Waals surface area contributed by atoms with Crippen LogP contribution in [0.25, 0.3) is 0 Å². The number of unbranched alkanes of at least 4 members (excludes halogenated alkanes) is 2. The van der Waals surface area contributed by atoms with E-state index in [-0.39, 0.29) is 5.82 Å². The highest BCUT2D eigenvalue weighted by Crippen LogP contribution is 2.25. The quantitative estimate of drug-likeness (QED) is 0.546. The van der Waals surface area contributed by atoms with Crippen LogP contribution in [-0.4, -0.2) is 11.8 Å². The summed E-state index contributed by atoms with van der Waals surface area (Å²) in [5.41, 5.74) is 1.07. The van der Waals surface area contributed by atoms with Gasteiger partial charge in [0.2, 0.25) is 0 Å². The molecule has 0 aliphatic heterocycles. The zero-order valence-corrected chi connectivity index (χ0v) is 12.4. The number of hydrogen-bond donors (Lipinski definition) is 1. The maximum absolute atomic E-state index is 13.3. The van der Waals surface area contributed by atoms with E-state index in [1.807, 2.05) is 17.8 Å². The van der Waals surface area contributed by atoms with Crippen molar-refractivity contribution in [3.8, 4) is 0 Å². The first-order valence-electron chi connectivity index (χ1n) is 6.78. The average Bonchev–Trinajstić information content (AvgIpc) is 2.34. The lowest BCUT2D eigenvalue weighted by Crippen LogP contribution is -2.22. The first-order valence-corrected chi connectivity index (χ1v) is 7.76. The van der Waals surface area contributed by atoms with Gasteiger partial charge in [0.25, 0.3) is 0 Å². The Bertz CT molecular complexity index is 352. The van der Waals surface area contributed by atoms with E-state index >= 15 is 0 Å². The molecule has 0 amide bonds. The molecule has 0 aliphatic carbocycles. The number of halogens is 1. The summed E-state index contributed by atoms with van der Waals surface area (Å²) in [4.78, 5) is 1.21. The van der Waals surface area contributed by atoms with Crippen LogP contribution < -0.4 is 5.32 Å². The van der Waals surface area contributed by atoms with Gasteiger partial charge in [0.05, 0.1) is 0 Å². The highest BCUT2D eigenvalue weighted by Gasteiger charge is 2.05. The van der Waals surface area contributed by atoms with Crippen LogP contribution in [-0.2, 0) is 6.54 Å². The van der Waals surface area contributed by atoms with E-state index in [0.29, 0.717) is 6.04 Å². The third kappa shape index (κ3) is 5.87. The minimum Gasteiger partial charge on any atom is -0.310 e. The molecule has 0 unspecified atom stereocenters. The molecule has 102 valence electrons. The number of nitrogens with one attached hydrogen (secondary N) is 1. The molecule has 0 atom stereocenters. The van der Waals surface area contributed by atoms with Crippen molar-refractivity contribution in [2.24, 2.45) is 0 Å². The van der Waals surface area contributed by atoms with Gasteiger partial charge < -0.3 is 5.32 Å². The van der Waals surface area contributed by atoms with Crippen molar-refractivity contribution >= 4 is 11.8 Å². The zero-order chi connectivity index (χ0) is 13.4. The van der Waals surface area contributed by atoms with Crippen molar-refractivity contribution in [2.75, 3.05) is 5.75 Å². The van der Waals surface area contributed by atoms with Crippen LogP contribution in [0.5, 0.6) is 0 Å². The minimum atomic E-state index is -0.145. The SMILES string of the molecule is CCCCCSc1ccc(F)cc1CNC(C)C. The molecule has 1 N–H and O–H groups in total. The summed E-state index contributed by atoms with van der Waals surface area (Å²) in [5.74, 6) is 0.974. The minimum absolute atomic E-state index is 0.145. The summed E-state index contributed by atoms with van der Waals surface area (Å²) in [7, 11) is 0. The van der Waals surface area contributed by atoms with E-state index in [0.717, 1.165) is 17.9 Å². The van der Waals surface area contributed by atoms with E-state index in [4.69, 9.17) is 0 Å². The van der Waals surface area contributed by atoms with E-state index < -0.39 is 0 Å². The molecule has 1 aromatic carbocycles. The fourth-order valence-electron chi connectivity index (χ4n) is 1.68. The van der Waals surface area contributed by atoms with Crippen molar-refractivity contribution in [2.45, 2.75) is 57.5 Å². The van der Waals surface area contributed by atoms with Crippen molar-refractivity contribution in [3.63, 3.8) is 0 Å². The van der Waals surface area contributed by atoms with Gasteiger partial charge >= 0.3 is 0 Å². The Balaban J connectivity index is 2.58. The van der Waals surface area contributed by atoms with Crippen LogP contribution >= 0.6 is 11.8 Å². The molecule has 0 fully saturated rings. The van der Waals surface area contributed by atoms with E-state index in [2.05, 4.69) is 26.1 Å². The summed E-state index contributed by atoms with van der Waals surface area (Å²) in [6, 6.07) is 5.54. The van der Waals surface area contributed by atoms with Gasteiger partial charge in [-0.25, -0.2) is 4.39 Å². The van der Waals surface area contributed by atoms with E-state index in [1.165, 1.54) is 24.2 Å². The predicted octanol–water partition coefficient (Wildman–Crippen LogP) is 4.61. The van der Waals surface area contributed by atoms with Crippen molar-refractivity contribution in [1.29, 1.82) is 0 Å². The molecule has 1 nitrogen and oxygen atoms in total. The van der Waals surface area contributed by atoms with Crippen LogP contribution in [0, 0.1) is 5.82 Å². The number of rotatable bonds is 8. The van der Waals surface area contributed by atoms with Crippen molar-refractivity contribution in [1.82, 2.24) is 5.32 Å². The lowest BCUT2D eigenvalue weighted by molar-refractivity contribution is 0.576. The van der Waals surface area contributed by atoms with Gasteiger partial charge in [-0.05, 0) is 35.9 Å². The molecular weight excluding hydrogens is 245 g/mol. The maximum Gasteiger partial charge on any atom is 0.123 e. The molecule has 0 bridgehead atoms. The van der Waals surface area contributed by atoms with Crippen LogP contribution in [0.4, 0.5) is 4.39 Å². The fraction of sp³-hybridized carbons (Fsp3) is 0.600. The van der Waals surface area contributed by atoms with E-state index in [1.54, 1.807) is 12.1 Å². The molecule has 0 saturated heterocycles. The molecule has 0 heterocycles. The summed E-state index contributed by atoms with van der Waals surface area (Å²) >= 11 is 1.84. The first kappa shape index (κ1) is 15.5. The number of thioether (sulfide) groups is 1. The topological polar surface area (TPSA) is 12.0 Å². The van der Waals surface area contributed by atoms with Crippen LogP contribution in [0.2, 0.25) is 0 Å². The zero-order valence-electron chi connectivity index (χ0n) is 11.6. The Morgan fingerprint density at radius 3 is 2.72 bits per heavy atom. The highest BCUT2D eigenvalue weighted by molar-refractivity contribution is 7.99. The molecule has 1 rings (SSSR count). The summed E-state index contributed by atoms with van der Waals surface area (Å²) < 4.78 is 13.3. The van der Waals surface area contributed by atoms with Crippen LogP contribution in [0.15, 0.2) is 23.1 Å². The molecule has 18 heavy (non-hydrogen) atoms. The Morgan fingerprint density at radius 2 is 2.06 bits per heavy atom. The second kappa shape index (κ2) is 8.54. The molecule has 3 heteroatoms. The first-order chi connectivity index (χ1) is 8.63. The van der Waals surface area contributed by atoms with Gasteiger partial charge in [0.15, 0.2) is 0 Å². The molecule has 0 aliphatic rings. The monoisotopic (exact) mass is 269 g/mol. The second-order valence-electron chi connectivity index (χ2n) is 4.84. The lowest BCUT2D eigenvalue weighted by atomic mass is 10.2.